The van der Waals surface area contributed by atoms with Crippen LogP contribution in [0.2, 0.25) is 0 Å². The predicted octanol–water partition coefficient (Wildman–Crippen LogP) is 10.5. The summed E-state index contributed by atoms with van der Waals surface area (Å²) in [5.41, 5.74) is 11.8. The normalized spacial score (nSPS) is 11.5. The zero-order valence-electron chi connectivity index (χ0n) is 24.0. The van der Waals surface area contributed by atoms with Gasteiger partial charge in [0.05, 0.1) is 0 Å². The molecular formula is C39H37N. The van der Waals surface area contributed by atoms with Gasteiger partial charge in [0.25, 0.3) is 0 Å². The molecule has 0 heterocycles. The van der Waals surface area contributed by atoms with Crippen molar-refractivity contribution in [3.63, 3.8) is 0 Å². The van der Waals surface area contributed by atoms with E-state index in [1.54, 1.807) is 0 Å². The summed E-state index contributed by atoms with van der Waals surface area (Å²) in [4.78, 5) is 2.51. The second-order valence-corrected chi connectivity index (χ2v) is 10.8. The van der Waals surface area contributed by atoms with E-state index in [-0.39, 0.29) is 0 Å². The van der Waals surface area contributed by atoms with Crippen LogP contribution in [-0.2, 0) is 6.54 Å². The van der Waals surface area contributed by atoms with Gasteiger partial charge in [-0.25, -0.2) is 0 Å². The average Bonchev–Trinajstić information content (AvgIpc) is 2.99. The van der Waals surface area contributed by atoms with Gasteiger partial charge < -0.3 is 0 Å². The number of benzene rings is 6. The molecule has 0 radical (unpaired) electrons. The third-order valence-corrected chi connectivity index (χ3v) is 8.43. The smallest absolute Gasteiger partial charge is 0.0239 e. The summed E-state index contributed by atoms with van der Waals surface area (Å²) in [6, 6.07) is 42.7. The van der Waals surface area contributed by atoms with Crippen LogP contribution in [0.3, 0.4) is 0 Å². The van der Waals surface area contributed by atoms with Crippen LogP contribution >= 0.6 is 0 Å². The van der Waals surface area contributed by atoms with E-state index in [9.17, 15) is 0 Å². The number of fused-ring (bicyclic) bond motifs is 2. The van der Waals surface area contributed by atoms with Crippen molar-refractivity contribution < 1.29 is 0 Å². The summed E-state index contributed by atoms with van der Waals surface area (Å²) in [5.74, 6) is 0. The molecule has 0 aliphatic rings. The van der Waals surface area contributed by atoms with Crippen LogP contribution in [0.25, 0.3) is 54.9 Å². The molecule has 6 aromatic carbocycles. The Morgan fingerprint density at radius 2 is 1.02 bits per heavy atom. The van der Waals surface area contributed by atoms with E-state index in [1.807, 2.05) is 0 Å². The van der Waals surface area contributed by atoms with Crippen LogP contribution in [0.15, 0.2) is 115 Å². The van der Waals surface area contributed by atoms with E-state index in [0.717, 1.165) is 19.6 Å². The fraction of sp³-hybridized carbons (Fsp3) is 0.179. The van der Waals surface area contributed by atoms with Crippen LogP contribution in [0.1, 0.15) is 30.5 Å². The molecule has 0 bridgehead atoms. The molecule has 0 aliphatic heterocycles. The largest absolute Gasteiger partial charge is 0.300 e. The second kappa shape index (κ2) is 11.1. The molecule has 6 aromatic rings. The molecule has 1 nitrogen and oxygen atoms in total. The van der Waals surface area contributed by atoms with Gasteiger partial charge in [0.15, 0.2) is 0 Å². The molecule has 0 spiro atoms. The minimum atomic E-state index is 0.931. The maximum absolute atomic E-state index is 2.51. The van der Waals surface area contributed by atoms with Crippen LogP contribution in [0, 0.1) is 13.8 Å². The maximum Gasteiger partial charge on any atom is 0.0239 e. The van der Waals surface area contributed by atoms with Crippen LogP contribution in [-0.4, -0.2) is 18.0 Å². The quantitative estimate of drug-likeness (QED) is 0.190. The summed E-state index contributed by atoms with van der Waals surface area (Å²) in [6.45, 7) is 12.0. The van der Waals surface area contributed by atoms with Crippen molar-refractivity contribution in [2.45, 2.75) is 34.2 Å². The molecule has 40 heavy (non-hydrogen) atoms. The lowest BCUT2D eigenvalue weighted by Gasteiger charge is -2.25. The molecule has 0 atom stereocenters. The lowest BCUT2D eigenvalue weighted by atomic mass is 9.80. The zero-order chi connectivity index (χ0) is 27.6. The summed E-state index contributed by atoms with van der Waals surface area (Å²) in [7, 11) is 0. The Morgan fingerprint density at radius 3 is 1.68 bits per heavy atom. The van der Waals surface area contributed by atoms with Crippen molar-refractivity contribution in [2.75, 3.05) is 13.1 Å². The molecule has 0 N–H and O–H groups in total. The Labute approximate surface area is 238 Å². The number of hydrogen-bond donors (Lipinski definition) is 0. The van der Waals surface area contributed by atoms with Gasteiger partial charge in [0.2, 0.25) is 0 Å². The van der Waals surface area contributed by atoms with Gasteiger partial charge in [-0.2, -0.15) is 0 Å². The van der Waals surface area contributed by atoms with Gasteiger partial charge in [0, 0.05) is 6.54 Å². The Bertz CT molecular complexity index is 1820. The summed E-state index contributed by atoms with van der Waals surface area (Å²) in [5, 5.41) is 5.14. The Kier molecular flexibility index (Phi) is 7.24. The first-order valence-corrected chi connectivity index (χ1v) is 14.5. The van der Waals surface area contributed by atoms with E-state index in [2.05, 4.69) is 148 Å². The topological polar surface area (TPSA) is 3.24 Å². The standard InChI is InChI=1S/C39H37N/c1-5-40(6-2)26-31-19-11-14-22-35(31)39-36-24-30-18-10-9-17-29(30)23-32(36)25-37(33-20-12-7-15-27(33)3)38(39)34-21-13-8-16-28(34)4/h7-25H,5-6,26H2,1-4H3. The van der Waals surface area contributed by atoms with E-state index in [1.165, 1.54) is 71.6 Å². The first-order chi connectivity index (χ1) is 19.6. The first kappa shape index (κ1) is 26.0. The molecule has 6 rings (SSSR count). The summed E-state index contributed by atoms with van der Waals surface area (Å²) in [6.07, 6.45) is 0. The lowest BCUT2D eigenvalue weighted by molar-refractivity contribution is 0.296. The fourth-order valence-corrected chi connectivity index (χ4v) is 6.18. The molecule has 0 amide bonds. The average molecular weight is 520 g/mol. The molecule has 1 heteroatoms. The second-order valence-electron chi connectivity index (χ2n) is 10.8. The molecule has 0 unspecified atom stereocenters. The monoisotopic (exact) mass is 519 g/mol. The molecule has 0 aromatic heterocycles. The van der Waals surface area contributed by atoms with Gasteiger partial charge in [-0.3, -0.25) is 4.90 Å². The lowest BCUT2D eigenvalue weighted by Crippen LogP contribution is -2.22. The zero-order valence-corrected chi connectivity index (χ0v) is 24.0. The highest BCUT2D eigenvalue weighted by Crippen LogP contribution is 2.48. The van der Waals surface area contributed by atoms with Crippen molar-refractivity contribution in [1.82, 2.24) is 4.90 Å². The third-order valence-electron chi connectivity index (χ3n) is 8.43. The highest BCUT2D eigenvalue weighted by molar-refractivity contribution is 6.14. The van der Waals surface area contributed by atoms with Gasteiger partial charge in [-0.1, -0.05) is 111 Å². The van der Waals surface area contributed by atoms with Crippen molar-refractivity contribution >= 4 is 21.5 Å². The SMILES string of the molecule is CCN(CC)Cc1ccccc1-c1c(-c2ccccc2C)c(-c2ccccc2C)cc2cc3ccccc3cc12. The highest BCUT2D eigenvalue weighted by Gasteiger charge is 2.22. The predicted molar refractivity (Wildman–Crippen MR) is 174 cm³/mol. The fourth-order valence-electron chi connectivity index (χ4n) is 6.18. The van der Waals surface area contributed by atoms with E-state index in [0.29, 0.717) is 0 Å². The maximum atomic E-state index is 2.51. The van der Waals surface area contributed by atoms with Crippen LogP contribution in [0.5, 0.6) is 0 Å². The van der Waals surface area contributed by atoms with Crippen LogP contribution < -0.4 is 0 Å². The van der Waals surface area contributed by atoms with Gasteiger partial charge >= 0.3 is 0 Å². The Morgan fingerprint density at radius 1 is 0.475 bits per heavy atom. The van der Waals surface area contributed by atoms with Gasteiger partial charge in [-0.05, 0) is 117 Å². The number of nitrogens with zero attached hydrogens (tertiary/aromatic N) is 1. The van der Waals surface area contributed by atoms with E-state index < -0.39 is 0 Å². The van der Waals surface area contributed by atoms with Crippen LogP contribution in [0.4, 0.5) is 0 Å². The minimum absolute atomic E-state index is 0.931. The van der Waals surface area contributed by atoms with E-state index >= 15 is 0 Å². The molecule has 0 fully saturated rings. The minimum Gasteiger partial charge on any atom is -0.300 e. The number of hydrogen-bond acceptors (Lipinski definition) is 1. The molecule has 0 saturated heterocycles. The van der Waals surface area contributed by atoms with Crippen molar-refractivity contribution in [2.24, 2.45) is 0 Å². The first-order valence-electron chi connectivity index (χ1n) is 14.5. The molecule has 0 aliphatic carbocycles. The van der Waals surface area contributed by atoms with Crippen molar-refractivity contribution in [3.05, 3.63) is 132 Å². The highest BCUT2D eigenvalue weighted by atomic mass is 15.1. The van der Waals surface area contributed by atoms with Gasteiger partial charge in [-0.15, -0.1) is 0 Å². The Hall–Kier alpha value is -4.20. The number of aryl methyl sites for hydroxylation is 2. The molecule has 198 valence electrons. The molecule has 0 saturated carbocycles. The number of rotatable bonds is 7. The van der Waals surface area contributed by atoms with Crippen molar-refractivity contribution in [3.8, 4) is 33.4 Å². The summed E-state index contributed by atoms with van der Waals surface area (Å²) < 4.78 is 0. The van der Waals surface area contributed by atoms with E-state index in [4.69, 9.17) is 0 Å². The van der Waals surface area contributed by atoms with Gasteiger partial charge in [0.1, 0.15) is 0 Å². The molecular weight excluding hydrogens is 482 g/mol. The summed E-state index contributed by atoms with van der Waals surface area (Å²) >= 11 is 0. The third kappa shape index (κ3) is 4.72. The van der Waals surface area contributed by atoms with Crippen molar-refractivity contribution in [1.29, 1.82) is 0 Å². The Balaban J connectivity index is 1.82.